The van der Waals surface area contributed by atoms with Crippen LogP contribution in [0, 0.1) is 5.41 Å². The van der Waals surface area contributed by atoms with E-state index in [9.17, 15) is 0 Å². The van der Waals surface area contributed by atoms with E-state index < -0.39 is 0 Å². The first-order valence-corrected chi connectivity index (χ1v) is 8.87. The maximum atomic E-state index is 8.66. The van der Waals surface area contributed by atoms with Crippen molar-refractivity contribution in [1.29, 1.82) is 0 Å². The van der Waals surface area contributed by atoms with Crippen molar-refractivity contribution in [1.82, 2.24) is 0 Å². The zero-order valence-electron chi connectivity index (χ0n) is 16.0. The van der Waals surface area contributed by atoms with E-state index in [0.717, 1.165) is 5.57 Å². The molecule has 0 saturated heterocycles. The Morgan fingerprint density at radius 3 is 2.54 bits per heavy atom. The largest absolute Gasteiger partial charge is 0.394 e. The van der Waals surface area contributed by atoms with E-state index in [1.807, 2.05) is 13.0 Å². The summed E-state index contributed by atoms with van der Waals surface area (Å²) in [5, 5.41) is 8.66. The highest BCUT2D eigenvalue weighted by atomic mass is 16.3. The molecule has 2 heteroatoms. The van der Waals surface area contributed by atoms with E-state index in [2.05, 4.69) is 63.1 Å². The van der Waals surface area contributed by atoms with Crippen molar-refractivity contribution in [2.45, 2.75) is 53.9 Å². The van der Waals surface area contributed by atoms with Gasteiger partial charge in [-0.25, -0.2) is 0 Å². The SMILES string of the molecule is CC1=C(/C=C/C(C)=C/C=C/C(C)=C/C=NCCO)C(C)(C)CCC1. The predicted molar refractivity (Wildman–Crippen MR) is 107 cm³/mol. The van der Waals surface area contributed by atoms with Gasteiger partial charge in [-0.05, 0) is 62.7 Å². The van der Waals surface area contributed by atoms with Crippen LogP contribution in [0.3, 0.4) is 0 Å². The van der Waals surface area contributed by atoms with Gasteiger partial charge in [0.2, 0.25) is 0 Å². The number of allylic oxidation sites excluding steroid dienone is 10. The minimum absolute atomic E-state index is 0.0974. The van der Waals surface area contributed by atoms with Gasteiger partial charge in [0, 0.05) is 6.21 Å². The molecule has 0 amide bonds. The number of nitrogens with zero attached hydrogens (tertiary/aromatic N) is 1. The second-order valence-electron chi connectivity index (χ2n) is 7.22. The minimum atomic E-state index is 0.0974. The van der Waals surface area contributed by atoms with Crippen LogP contribution in [0.4, 0.5) is 0 Å². The molecule has 24 heavy (non-hydrogen) atoms. The topological polar surface area (TPSA) is 32.6 Å². The number of hydrogen-bond acceptors (Lipinski definition) is 2. The summed E-state index contributed by atoms with van der Waals surface area (Å²) in [7, 11) is 0. The molecule has 1 rings (SSSR count). The summed E-state index contributed by atoms with van der Waals surface area (Å²) in [5.41, 5.74) is 5.71. The van der Waals surface area contributed by atoms with E-state index in [1.165, 1.54) is 36.0 Å². The van der Waals surface area contributed by atoms with Crippen LogP contribution >= 0.6 is 0 Å². The summed E-state index contributed by atoms with van der Waals surface area (Å²) >= 11 is 0. The van der Waals surface area contributed by atoms with Crippen LogP contribution in [0.25, 0.3) is 0 Å². The van der Waals surface area contributed by atoms with E-state index in [1.54, 1.807) is 6.21 Å². The minimum Gasteiger partial charge on any atom is -0.394 e. The molecule has 0 bridgehead atoms. The Morgan fingerprint density at radius 1 is 1.17 bits per heavy atom. The number of aliphatic imine (C=N–C) groups is 1. The lowest BCUT2D eigenvalue weighted by Gasteiger charge is -2.32. The second-order valence-corrected chi connectivity index (χ2v) is 7.22. The lowest BCUT2D eigenvalue weighted by atomic mass is 9.72. The van der Waals surface area contributed by atoms with E-state index >= 15 is 0 Å². The molecule has 0 spiro atoms. The molecular weight excluding hydrogens is 294 g/mol. The molecule has 0 aromatic carbocycles. The van der Waals surface area contributed by atoms with Gasteiger partial charge in [-0.2, -0.15) is 0 Å². The zero-order valence-corrected chi connectivity index (χ0v) is 16.0. The van der Waals surface area contributed by atoms with Crippen molar-refractivity contribution >= 4 is 6.21 Å². The highest BCUT2D eigenvalue weighted by Gasteiger charge is 2.26. The van der Waals surface area contributed by atoms with Gasteiger partial charge in [0.05, 0.1) is 13.2 Å². The third-order valence-electron chi connectivity index (χ3n) is 4.45. The summed E-state index contributed by atoms with van der Waals surface area (Å²) in [5.74, 6) is 0. The number of rotatable bonds is 7. The van der Waals surface area contributed by atoms with Gasteiger partial charge in [0.1, 0.15) is 0 Å². The molecule has 2 nitrogen and oxygen atoms in total. The summed E-state index contributed by atoms with van der Waals surface area (Å²) in [6.45, 7) is 11.7. The standard InChI is InChI=1S/C22H33NO/c1-18(8-6-9-19(2)13-15-23-16-17-24)11-12-21-20(3)10-7-14-22(21,4)5/h6,8-9,11-13,15,24H,7,10,14,16-17H2,1-5H3/b9-6+,12-11+,18-8+,19-13+,23-15?. The third kappa shape index (κ3) is 7.27. The zero-order chi connectivity index (χ0) is 18.0. The first-order valence-electron chi connectivity index (χ1n) is 8.87. The van der Waals surface area contributed by atoms with Crippen LogP contribution in [0.1, 0.15) is 53.9 Å². The van der Waals surface area contributed by atoms with Crippen LogP contribution in [0.5, 0.6) is 0 Å². The van der Waals surface area contributed by atoms with Gasteiger partial charge < -0.3 is 5.11 Å². The molecule has 0 heterocycles. The highest BCUT2D eigenvalue weighted by molar-refractivity contribution is 5.72. The Morgan fingerprint density at radius 2 is 1.88 bits per heavy atom. The van der Waals surface area contributed by atoms with Gasteiger partial charge in [-0.3, -0.25) is 4.99 Å². The van der Waals surface area contributed by atoms with Crippen LogP contribution in [-0.2, 0) is 0 Å². The van der Waals surface area contributed by atoms with Crippen LogP contribution in [-0.4, -0.2) is 24.5 Å². The Kier molecular flexibility index (Phi) is 8.70. The Balaban J connectivity index is 2.68. The molecule has 0 radical (unpaired) electrons. The van der Waals surface area contributed by atoms with Crippen molar-refractivity contribution in [3.05, 3.63) is 58.7 Å². The lowest BCUT2D eigenvalue weighted by Crippen LogP contribution is -2.19. The molecule has 0 unspecified atom stereocenters. The smallest absolute Gasteiger partial charge is 0.0626 e. The van der Waals surface area contributed by atoms with Crippen molar-refractivity contribution < 1.29 is 5.11 Å². The van der Waals surface area contributed by atoms with Crippen LogP contribution in [0.2, 0.25) is 0 Å². The number of aliphatic hydroxyl groups is 1. The van der Waals surface area contributed by atoms with Crippen LogP contribution < -0.4 is 0 Å². The molecular formula is C22H33NO. The molecule has 1 aliphatic rings. The van der Waals surface area contributed by atoms with E-state index in [0.29, 0.717) is 12.0 Å². The molecule has 132 valence electrons. The van der Waals surface area contributed by atoms with E-state index in [-0.39, 0.29) is 6.61 Å². The monoisotopic (exact) mass is 327 g/mol. The summed E-state index contributed by atoms with van der Waals surface area (Å²) in [6.07, 6.45) is 18.3. The van der Waals surface area contributed by atoms with Gasteiger partial charge in [0.15, 0.2) is 0 Å². The third-order valence-corrected chi connectivity index (χ3v) is 4.45. The predicted octanol–water partition coefficient (Wildman–Crippen LogP) is 5.58. The fourth-order valence-corrected chi connectivity index (χ4v) is 2.99. The molecule has 1 N–H and O–H groups in total. The maximum Gasteiger partial charge on any atom is 0.0626 e. The normalized spacial score (nSPS) is 20.1. The van der Waals surface area contributed by atoms with E-state index in [4.69, 9.17) is 5.11 Å². The first kappa shape index (κ1) is 20.4. The molecule has 1 aliphatic carbocycles. The first-order chi connectivity index (χ1) is 11.4. The molecule has 0 aromatic rings. The fraction of sp³-hybridized carbons (Fsp3) is 0.500. The summed E-state index contributed by atoms with van der Waals surface area (Å²) < 4.78 is 0. The Labute approximate surface area is 148 Å². The average molecular weight is 328 g/mol. The number of hydrogen-bond donors (Lipinski definition) is 1. The fourth-order valence-electron chi connectivity index (χ4n) is 2.99. The van der Waals surface area contributed by atoms with Gasteiger partial charge in [0.25, 0.3) is 0 Å². The van der Waals surface area contributed by atoms with Crippen molar-refractivity contribution in [3.63, 3.8) is 0 Å². The number of aliphatic hydroxyl groups excluding tert-OH is 1. The van der Waals surface area contributed by atoms with Crippen molar-refractivity contribution in [2.24, 2.45) is 10.4 Å². The molecule has 0 aromatic heterocycles. The second kappa shape index (κ2) is 10.2. The van der Waals surface area contributed by atoms with Crippen LogP contribution in [0.15, 0.2) is 63.7 Å². The summed E-state index contributed by atoms with van der Waals surface area (Å²) in [4.78, 5) is 4.06. The Hall–Kier alpha value is -1.67. The van der Waals surface area contributed by atoms with Gasteiger partial charge in [-0.15, -0.1) is 0 Å². The summed E-state index contributed by atoms with van der Waals surface area (Å²) in [6, 6.07) is 0. The average Bonchev–Trinajstić information content (AvgIpc) is 2.50. The highest BCUT2D eigenvalue weighted by Crippen LogP contribution is 2.40. The Bertz CT molecular complexity index is 583. The maximum absolute atomic E-state index is 8.66. The molecule has 0 aliphatic heterocycles. The van der Waals surface area contributed by atoms with Gasteiger partial charge >= 0.3 is 0 Å². The van der Waals surface area contributed by atoms with Crippen molar-refractivity contribution in [2.75, 3.05) is 13.2 Å². The van der Waals surface area contributed by atoms with Crippen molar-refractivity contribution in [3.8, 4) is 0 Å². The molecule has 0 atom stereocenters. The quantitative estimate of drug-likeness (QED) is 0.480. The van der Waals surface area contributed by atoms with Gasteiger partial charge in [-0.1, -0.05) is 55.4 Å². The molecule has 0 fully saturated rings. The molecule has 0 saturated carbocycles. The lowest BCUT2D eigenvalue weighted by molar-refractivity contribution is 0.307.